The monoisotopic (exact) mass is 409 g/mol. The number of hydrogen-bond donors (Lipinski definition) is 0. The number of anilines is 1. The summed E-state index contributed by atoms with van der Waals surface area (Å²) in [5, 5.41) is 7.91. The summed E-state index contributed by atoms with van der Waals surface area (Å²) in [5.74, 6) is -0.546. The summed E-state index contributed by atoms with van der Waals surface area (Å²) >= 11 is 3.31. The minimum atomic E-state index is -0.599. The number of amides is 1. The van der Waals surface area contributed by atoms with Gasteiger partial charge in [0.15, 0.2) is 0 Å². The lowest BCUT2D eigenvalue weighted by atomic mass is 10.1. The molecule has 3 aromatic rings. The fraction of sp³-hybridized carbons (Fsp3) is 0.0526. The van der Waals surface area contributed by atoms with Gasteiger partial charge in [0.2, 0.25) is 11.8 Å². The van der Waals surface area contributed by atoms with E-state index in [-0.39, 0.29) is 12.4 Å². The van der Waals surface area contributed by atoms with E-state index in [4.69, 9.17) is 4.42 Å². The molecule has 7 heteroatoms. The number of carbonyl (C=O) groups excluding carboxylic acids is 2. The van der Waals surface area contributed by atoms with Crippen LogP contribution in [0.2, 0.25) is 0 Å². The molecule has 6 nitrogen and oxygen atoms in total. The van der Waals surface area contributed by atoms with Crippen molar-refractivity contribution in [3.63, 3.8) is 0 Å². The van der Waals surface area contributed by atoms with Crippen molar-refractivity contribution in [2.45, 2.75) is 6.54 Å². The second kappa shape index (κ2) is 6.68. The molecule has 0 N–H and O–H groups in total. The second-order valence-corrected chi connectivity index (χ2v) is 6.58. The first-order valence-electron chi connectivity index (χ1n) is 7.83. The van der Waals surface area contributed by atoms with Gasteiger partial charge < -0.3 is 4.42 Å². The molecule has 2 aromatic carbocycles. The van der Waals surface area contributed by atoms with Gasteiger partial charge in [-0.3, -0.25) is 14.5 Å². The lowest BCUT2D eigenvalue weighted by molar-refractivity contribution is -0.114. The Labute approximate surface area is 157 Å². The zero-order valence-electron chi connectivity index (χ0n) is 13.4. The molecule has 0 radical (unpaired) electrons. The summed E-state index contributed by atoms with van der Waals surface area (Å²) in [6.07, 6.45) is 3.56. The molecule has 26 heavy (non-hydrogen) atoms. The van der Waals surface area contributed by atoms with Crippen molar-refractivity contribution in [2.75, 3.05) is 4.90 Å². The van der Waals surface area contributed by atoms with Crippen LogP contribution in [0.5, 0.6) is 0 Å². The number of rotatable bonds is 4. The molecule has 0 aliphatic carbocycles. The topological polar surface area (TPSA) is 76.3 Å². The van der Waals surface area contributed by atoms with Gasteiger partial charge in [0.1, 0.15) is 6.54 Å². The smallest absolute Gasteiger partial charge is 0.299 e. The normalized spacial score (nSPS) is 13.7. The van der Waals surface area contributed by atoms with E-state index < -0.39 is 11.7 Å². The maximum absolute atomic E-state index is 12.3. The third-order valence-electron chi connectivity index (χ3n) is 3.93. The average Bonchev–Trinajstić information content (AvgIpc) is 3.20. The van der Waals surface area contributed by atoms with Crippen LogP contribution in [0.25, 0.3) is 12.2 Å². The molecular weight excluding hydrogens is 398 g/mol. The second-order valence-electron chi connectivity index (χ2n) is 5.66. The zero-order chi connectivity index (χ0) is 18.1. The fourth-order valence-electron chi connectivity index (χ4n) is 2.69. The van der Waals surface area contributed by atoms with E-state index >= 15 is 0 Å². The van der Waals surface area contributed by atoms with Crippen LogP contribution in [0, 0.1) is 0 Å². The van der Waals surface area contributed by atoms with Crippen LogP contribution in [0.3, 0.4) is 0 Å². The fourth-order valence-corrected chi connectivity index (χ4v) is 3.06. The first kappa shape index (κ1) is 16.4. The molecule has 4 rings (SSSR count). The lowest BCUT2D eigenvalue weighted by Crippen LogP contribution is -2.29. The van der Waals surface area contributed by atoms with Gasteiger partial charge in [0.25, 0.3) is 11.7 Å². The number of nitrogens with zero attached hydrogens (tertiary/aromatic N) is 3. The summed E-state index contributed by atoms with van der Waals surface area (Å²) in [7, 11) is 0. The van der Waals surface area contributed by atoms with Gasteiger partial charge >= 0.3 is 0 Å². The van der Waals surface area contributed by atoms with E-state index in [2.05, 4.69) is 26.1 Å². The zero-order valence-corrected chi connectivity index (χ0v) is 15.0. The van der Waals surface area contributed by atoms with Crippen LogP contribution >= 0.6 is 15.9 Å². The minimum absolute atomic E-state index is 0.0470. The third-order valence-corrected chi connectivity index (χ3v) is 4.42. The van der Waals surface area contributed by atoms with E-state index in [1.807, 2.05) is 36.4 Å². The molecule has 0 atom stereocenters. The summed E-state index contributed by atoms with van der Waals surface area (Å²) < 4.78 is 6.31. The summed E-state index contributed by atoms with van der Waals surface area (Å²) in [6, 6.07) is 14.8. The van der Waals surface area contributed by atoms with Gasteiger partial charge in [-0.1, -0.05) is 46.3 Å². The van der Waals surface area contributed by atoms with Crippen molar-refractivity contribution in [3.8, 4) is 0 Å². The van der Waals surface area contributed by atoms with Crippen LogP contribution in [0.15, 0.2) is 57.4 Å². The predicted molar refractivity (Wildman–Crippen MR) is 99.3 cm³/mol. The van der Waals surface area contributed by atoms with E-state index in [1.165, 1.54) is 4.90 Å². The SMILES string of the molecule is O=C1C(=O)N(Cc2nnc(/C=C/c3ccccc3)o2)c2ccc(Br)cc21. The molecule has 128 valence electrons. The Balaban J connectivity index is 1.54. The molecule has 1 amide bonds. The molecule has 0 saturated heterocycles. The molecule has 0 fully saturated rings. The van der Waals surface area contributed by atoms with Gasteiger partial charge in [-0.05, 0) is 29.8 Å². The molecule has 1 aliphatic rings. The van der Waals surface area contributed by atoms with E-state index in [0.717, 1.165) is 10.0 Å². The van der Waals surface area contributed by atoms with E-state index in [0.29, 0.717) is 17.1 Å². The molecule has 2 heterocycles. The molecular formula is C19H12BrN3O3. The van der Waals surface area contributed by atoms with Crippen molar-refractivity contribution in [3.05, 3.63) is 75.9 Å². The number of aromatic nitrogens is 2. The molecule has 0 saturated carbocycles. The highest BCUT2D eigenvalue weighted by Crippen LogP contribution is 2.32. The van der Waals surface area contributed by atoms with Crippen molar-refractivity contribution in [1.29, 1.82) is 0 Å². The highest BCUT2D eigenvalue weighted by Gasteiger charge is 2.36. The van der Waals surface area contributed by atoms with E-state index in [9.17, 15) is 9.59 Å². The number of halogens is 1. The van der Waals surface area contributed by atoms with Crippen molar-refractivity contribution >= 4 is 45.5 Å². The van der Waals surface area contributed by atoms with Crippen LogP contribution in [-0.4, -0.2) is 21.9 Å². The maximum Gasteiger partial charge on any atom is 0.299 e. The highest BCUT2D eigenvalue weighted by atomic mass is 79.9. The Morgan fingerprint density at radius 3 is 2.65 bits per heavy atom. The van der Waals surface area contributed by atoms with Gasteiger partial charge in [0, 0.05) is 10.5 Å². The van der Waals surface area contributed by atoms with Crippen LogP contribution in [-0.2, 0) is 11.3 Å². The van der Waals surface area contributed by atoms with Crippen LogP contribution in [0.4, 0.5) is 5.69 Å². The van der Waals surface area contributed by atoms with Gasteiger partial charge in [0.05, 0.1) is 11.3 Å². The Morgan fingerprint density at radius 1 is 1.04 bits per heavy atom. The Hall–Kier alpha value is -3.06. The average molecular weight is 410 g/mol. The number of carbonyl (C=O) groups is 2. The van der Waals surface area contributed by atoms with Gasteiger partial charge in [-0.2, -0.15) is 0 Å². The Bertz CT molecular complexity index is 1030. The molecule has 0 unspecified atom stereocenters. The molecule has 0 bridgehead atoms. The van der Waals surface area contributed by atoms with Crippen molar-refractivity contribution in [1.82, 2.24) is 10.2 Å². The quantitative estimate of drug-likeness (QED) is 0.613. The number of benzene rings is 2. The van der Waals surface area contributed by atoms with Crippen LogP contribution in [0.1, 0.15) is 27.7 Å². The number of hydrogen-bond acceptors (Lipinski definition) is 5. The van der Waals surface area contributed by atoms with Crippen LogP contribution < -0.4 is 4.90 Å². The highest BCUT2D eigenvalue weighted by molar-refractivity contribution is 9.10. The van der Waals surface area contributed by atoms with Crippen molar-refractivity contribution < 1.29 is 14.0 Å². The largest absolute Gasteiger partial charge is 0.419 e. The molecule has 1 aliphatic heterocycles. The first-order valence-corrected chi connectivity index (χ1v) is 8.62. The van der Waals surface area contributed by atoms with Gasteiger partial charge in [-0.15, -0.1) is 10.2 Å². The van der Waals surface area contributed by atoms with Crippen molar-refractivity contribution in [2.24, 2.45) is 0 Å². The van der Waals surface area contributed by atoms with Gasteiger partial charge in [-0.25, -0.2) is 0 Å². The third kappa shape index (κ3) is 3.09. The predicted octanol–water partition coefficient (Wildman–Crippen LogP) is 3.73. The Kier molecular flexibility index (Phi) is 4.22. The maximum atomic E-state index is 12.3. The number of Topliss-reactive ketones (excluding diaryl/α,β-unsaturated/α-hetero) is 1. The summed E-state index contributed by atoms with van der Waals surface area (Å²) in [6.45, 7) is 0.0470. The minimum Gasteiger partial charge on any atom is -0.419 e. The lowest BCUT2D eigenvalue weighted by Gasteiger charge is -2.13. The number of fused-ring (bicyclic) bond motifs is 1. The Morgan fingerprint density at radius 2 is 1.85 bits per heavy atom. The molecule has 0 spiro atoms. The summed E-state index contributed by atoms with van der Waals surface area (Å²) in [4.78, 5) is 25.7. The standard InChI is InChI=1S/C19H12BrN3O3/c20-13-7-8-15-14(10-13)18(24)19(25)23(15)11-17-22-21-16(26-17)9-6-12-4-2-1-3-5-12/h1-10H,11H2/b9-6+. The first-order chi connectivity index (χ1) is 12.6. The molecule has 1 aromatic heterocycles. The number of ketones is 1. The van der Waals surface area contributed by atoms with E-state index in [1.54, 1.807) is 24.3 Å². The summed E-state index contributed by atoms with van der Waals surface area (Å²) in [5.41, 5.74) is 1.92.